The van der Waals surface area contributed by atoms with Crippen LogP contribution in [0.2, 0.25) is 0 Å². The molecule has 0 aromatic heterocycles. The van der Waals surface area contributed by atoms with Crippen molar-refractivity contribution in [2.75, 3.05) is 34.3 Å². The van der Waals surface area contributed by atoms with Gasteiger partial charge in [0.15, 0.2) is 0 Å². The number of fused-ring (bicyclic) bond motifs is 2. The summed E-state index contributed by atoms with van der Waals surface area (Å²) >= 11 is 0. The minimum absolute atomic E-state index is 0.0635. The number of nitrogens with zero attached hydrogens (tertiary/aromatic N) is 4. The van der Waals surface area contributed by atoms with Gasteiger partial charge in [0.2, 0.25) is 5.91 Å². The third-order valence-electron chi connectivity index (χ3n) is 6.88. The maximum atomic E-state index is 12.6. The van der Waals surface area contributed by atoms with E-state index < -0.39 is 0 Å². The molecule has 2 aliphatic rings. The Morgan fingerprint density at radius 1 is 1.18 bits per heavy atom. The zero-order chi connectivity index (χ0) is 28.9. The minimum Gasteiger partial charge on any atom is -0.507 e. The summed E-state index contributed by atoms with van der Waals surface area (Å²) < 4.78 is 5.30. The van der Waals surface area contributed by atoms with E-state index in [-0.39, 0.29) is 29.0 Å². The van der Waals surface area contributed by atoms with Crippen molar-refractivity contribution in [3.8, 4) is 11.5 Å². The second-order valence-electron chi connectivity index (χ2n) is 10.6. The number of amides is 2. The topological polar surface area (TPSA) is 94.9 Å². The van der Waals surface area contributed by atoms with E-state index in [4.69, 9.17) is 9.57 Å². The largest absolute Gasteiger partial charge is 0.507 e. The lowest BCUT2D eigenvalue weighted by molar-refractivity contribution is -0.140. The van der Waals surface area contributed by atoms with Crippen LogP contribution < -0.4 is 4.74 Å². The monoisotopic (exact) mass is 528 g/mol. The van der Waals surface area contributed by atoms with Crippen molar-refractivity contribution in [3.05, 3.63) is 46.4 Å². The van der Waals surface area contributed by atoms with Gasteiger partial charge in [-0.15, -0.1) is 0 Å². The molecule has 1 fully saturated rings. The van der Waals surface area contributed by atoms with E-state index in [9.17, 15) is 14.7 Å². The second kappa shape index (κ2) is 12.4. The van der Waals surface area contributed by atoms with Crippen LogP contribution in [0.3, 0.4) is 0 Å². The van der Waals surface area contributed by atoms with Crippen molar-refractivity contribution in [1.29, 1.82) is 0 Å². The number of phenols is 1. The molecule has 2 heterocycles. The molecule has 0 unspecified atom stereocenters. The van der Waals surface area contributed by atoms with Gasteiger partial charge in [-0.3, -0.25) is 9.59 Å². The summed E-state index contributed by atoms with van der Waals surface area (Å²) in [6.07, 6.45) is 2.19. The number of oxime groups is 1. The smallest absolute Gasteiger partial charge is 0.252 e. The molecule has 0 bridgehead atoms. The zero-order valence-electron chi connectivity index (χ0n) is 24.8. The van der Waals surface area contributed by atoms with Gasteiger partial charge in [0, 0.05) is 50.4 Å². The molecular weight excluding hydrogens is 484 g/mol. The van der Waals surface area contributed by atoms with E-state index >= 15 is 0 Å². The molecule has 9 heteroatoms. The summed E-state index contributed by atoms with van der Waals surface area (Å²) in [5, 5.41) is 14.2. The average Bonchev–Trinajstić information content (AvgIpc) is 2.98. The van der Waals surface area contributed by atoms with Crippen molar-refractivity contribution in [2.45, 2.75) is 73.4 Å². The molecule has 0 saturated carbocycles. The predicted molar refractivity (Wildman–Crippen MR) is 150 cm³/mol. The van der Waals surface area contributed by atoms with E-state index in [1.807, 2.05) is 31.7 Å². The first-order valence-corrected chi connectivity index (χ1v) is 12.9. The summed E-state index contributed by atoms with van der Waals surface area (Å²) in [7, 11) is 5.00. The lowest BCUT2D eigenvalue weighted by atomic mass is 9.90. The van der Waals surface area contributed by atoms with Crippen LogP contribution in [-0.2, 0) is 21.0 Å². The summed E-state index contributed by atoms with van der Waals surface area (Å²) in [4.78, 5) is 34.7. The Morgan fingerprint density at radius 2 is 1.82 bits per heavy atom. The standard InChI is InChI=1S/C19H26N2O3.C10H18N2O2/c1-6-21-17(23)11-20-10-13-8-14(24-5)9-15(22)18(13)12(2)7-16(20)19(21,3)4;1-7(2)11-14-9(4)8(3)10(13)12(5)6/h7-9,12,22H,6,10-11H2,1-5H3;1-6H3/b;9-8+/t12-;/m0./s1. The Kier molecular flexibility index (Phi) is 10.0. The fourth-order valence-electron chi connectivity index (χ4n) is 4.88. The van der Waals surface area contributed by atoms with Gasteiger partial charge in [-0.1, -0.05) is 18.2 Å². The van der Waals surface area contributed by atoms with Crippen LogP contribution in [0, 0.1) is 0 Å². The normalized spacial score (nSPS) is 18.4. The number of likely N-dealkylation sites (N-methyl/N-ethyl adjacent to an activating group) is 2. The molecule has 0 aliphatic carbocycles. The number of carbonyl (C=O) groups is 2. The van der Waals surface area contributed by atoms with Gasteiger partial charge in [-0.2, -0.15) is 0 Å². The third-order valence-corrected chi connectivity index (χ3v) is 6.88. The Morgan fingerprint density at radius 3 is 2.34 bits per heavy atom. The molecule has 210 valence electrons. The molecule has 2 amide bonds. The second-order valence-corrected chi connectivity index (χ2v) is 10.6. The highest BCUT2D eigenvalue weighted by Gasteiger charge is 2.43. The van der Waals surface area contributed by atoms with Crippen LogP contribution in [0.4, 0.5) is 0 Å². The SMILES string of the molecule is CC(C)=NO/C(C)=C(\C)C(=O)N(C)C.CCN1C(=O)CN2Cc3cc(OC)cc(O)c3[C@@H](C)C=C2C1(C)C. The minimum atomic E-state index is -0.361. The van der Waals surface area contributed by atoms with Gasteiger partial charge in [0.1, 0.15) is 17.3 Å². The number of methoxy groups -OCH3 is 1. The molecule has 1 aromatic rings. The molecule has 2 aliphatic heterocycles. The predicted octanol–water partition coefficient (Wildman–Crippen LogP) is 4.63. The number of phenolic OH excluding ortho intramolecular Hbond substituents is 1. The first-order chi connectivity index (χ1) is 17.6. The molecular formula is C29H44N4O5. The molecule has 1 aromatic carbocycles. The molecule has 1 N–H and O–H groups in total. The number of aromatic hydroxyl groups is 1. The number of piperazine rings is 1. The molecule has 3 rings (SSSR count). The lowest BCUT2D eigenvalue weighted by Crippen LogP contribution is -2.59. The fourth-order valence-corrected chi connectivity index (χ4v) is 4.88. The van der Waals surface area contributed by atoms with E-state index in [2.05, 4.69) is 36.9 Å². The van der Waals surface area contributed by atoms with Crippen molar-refractivity contribution in [2.24, 2.45) is 5.16 Å². The van der Waals surface area contributed by atoms with E-state index in [0.29, 0.717) is 36.7 Å². The van der Waals surface area contributed by atoms with Crippen LogP contribution in [0.25, 0.3) is 0 Å². The van der Waals surface area contributed by atoms with E-state index in [0.717, 1.165) is 22.5 Å². The Bertz CT molecular complexity index is 1150. The van der Waals surface area contributed by atoms with Crippen LogP contribution in [0.1, 0.15) is 72.4 Å². The molecule has 1 atom stereocenters. The average molecular weight is 529 g/mol. The van der Waals surface area contributed by atoms with Crippen LogP contribution in [0.15, 0.2) is 40.4 Å². The molecule has 9 nitrogen and oxygen atoms in total. The van der Waals surface area contributed by atoms with E-state index in [1.54, 1.807) is 41.1 Å². The zero-order valence-corrected chi connectivity index (χ0v) is 24.8. The maximum absolute atomic E-state index is 12.6. The van der Waals surface area contributed by atoms with Gasteiger partial charge in [0.25, 0.3) is 5.91 Å². The number of allylic oxidation sites excluding steroid dienone is 2. The first-order valence-electron chi connectivity index (χ1n) is 12.9. The lowest BCUT2D eigenvalue weighted by Gasteiger charge is -2.49. The molecule has 1 saturated heterocycles. The number of benzene rings is 1. The molecule has 38 heavy (non-hydrogen) atoms. The highest BCUT2D eigenvalue weighted by molar-refractivity contribution is 5.92. The summed E-state index contributed by atoms with van der Waals surface area (Å²) in [5.41, 5.74) is 4.10. The third kappa shape index (κ3) is 6.68. The molecule has 0 radical (unpaired) electrons. The highest BCUT2D eigenvalue weighted by atomic mass is 16.6. The number of carbonyl (C=O) groups excluding carboxylic acids is 2. The number of hydrogen-bond acceptors (Lipinski definition) is 7. The van der Waals surface area contributed by atoms with Crippen molar-refractivity contribution < 1.29 is 24.3 Å². The Hall–Kier alpha value is -3.49. The number of ether oxygens (including phenoxy) is 1. The van der Waals surface area contributed by atoms with Gasteiger partial charge >= 0.3 is 0 Å². The van der Waals surface area contributed by atoms with Crippen LogP contribution in [0.5, 0.6) is 11.5 Å². The quantitative estimate of drug-likeness (QED) is 0.259. The van der Waals surface area contributed by atoms with Crippen molar-refractivity contribution >= 4 is 17.5 Å². The molecule has 0 spiro atoms. The highest BCUT2D eigenvalue weighted by Crippen LogP contribution is 2.42. The van der Waals surface area contributed by atoms with Gasteiger partial charge < -0.3 is 29.4 Å². The first kappa shape index (κ1) is 30.7. The fraction of sp³-hybridized carbons (Fsp3) is 0.552. The van der Waals surface area contributed by atoms with Crippen molar-refractivity contribution in [3.63, 3.8) is 0 Å². The van der Waals surface area contributed by atoms with Gasteiger partial charge in [0.05, 0.1) is 30.5 Å². The summed E-state index contributed by atoms with van der Waals surface area (Å²) in [5.74, 6) is 1.57. The summed E-state index contributed by atoms with van der Waals surface area (Å²) in [6.45, 7) is 17.1. The van der Waals surface area contributed by atoms with Gasteiger partial charge in [-0.05, 0) is 60.1 Å². The summed E-state index contributed by atoms with van der Waals surface area (Å²) in [6, 6.07) is 3.62. The van der Waals surface area contributed by atoms with Crippen LogP contribution >= 0.6 is 0 Å². The van der Waals surface area contributed by atoms with Crippen molar-refractivity contribution in [1.82, 2.24) is 14.7 Å². The number of rotatable bonds is 5. The van der Waals surface area contributed by atoms with Gasteiger partial charge in [-0.25, -0.2) is 0 Å². The Balaban J connectivity index is 0.000000312. The van der Waals surface area contributed by atoms with Crippen LogP contribution in [-0.4, -0.2) is 77.2 Å². The maximum Gasteiger partial charge on any atom is 0.252 e. The number of hydrogen-bond donors (Lipinski definition) is 1. The Labute approximate surface area is 227 Å². The van der Waals surface area contributed by atoms with E-state index in [1.165, 1.54) is 4.90 Å².